The van der Waals surface area contributed by atoms with Crippen molar-refractivity contribution in [2.45, 2.75) is 11.8 Å². The van der Waals surface area contributed by atoms with Gasteiger partial charge >= 0.3 is 0 Å². The molecule has 148 valence electrons. The molecule has 29 heavy (non-hydrogen) atoms. The van der Waals surface area contributed by atoms with Gasteiger partial charge in [0.15, 0.2) is 0 Å². The van der Waals surface area contributed by atoms with E-state index in [0.29, 0.717) is 37.6 Å². The lowest BCUT2D eigenvalue weighted by atomic mass is 10.2. The highest BCUT2D eigenvalue weighted by Gasteiger charge is 2.16. The molecule has 0 aliphatic rings. The molecule has 0 saturated heterocycles. The van der Waals surface area contributed by atoms with E-state index >= 15 is 0 Å². The Morgan fingerprint density at radius 3 is 2.38 bits per heavy atom. The Hall–Kier alpha value is -2.62. The van der Waals surface area contributed by atoms with E-state index in [1.807, 2.05) is 19.1 Å². The third kappa shape index (κ3) is 3.81. The van der Waals surface area contributed by atoms with Crippen molar-refractivity contribution in [3.8, 4) is 5.69 Å². The van der Waals surface area contributed by atoms with Crippen molar-refractivity contribution in [3.63, 3.8) is 0 Å². The molecule has 0 unspecified atom stereocenters. The number of nitrogens with two attached hydrogens (primary N) is 1. The maximum absolute atomic E-state index is 12.6. The zero-order valence-corrected chi connectivity index (χ0v) is 18.3. The maximum atomic E-state index is 12.6. The summed E-state index contributed by atoms with van der Waals surface area (Å²) in [5.41, 5.74) is 9.55. The first-order valence-electron chi connectivity index (χ1n) is 8.45. The summed E-state index contributed by atoms with van der Waals surface area (Å²) in [6, 6.07) is 15.0. The van der Waals surface area contributed by atoms with Gasteiger partial charge in [0.25, 0.3) is 10.0 Å². The molecule has 3 N–H and O–H groups in total. The second kappa shape index (κ2) is 7.33. The molecule has 7 nitrogen and oxygen atoms in total. The predicted octanol–water partition coefficient (Wildman–Crippen LogP) is 4.53. The van der Waals surface area contributed by atoms with Gasteiger partial charge in [0, 0.05) is 5.69 Å². The zero-order chi connectivity index (χ0) is 20.8. The number of rotatable bonds is 4. The van der Waals surface area contributed by atoms with Crippen LogP contribution in [0.5, 0.6) is 0 Å². The van der Waals surface area contributed by atoms with Crippen LogP contribution in [0, 0.1) is 6.92 Å². The number of nitrogen functional groups attached to an aromatic ring is 1. The Morgan fingerprint density at radius 1 is 1.07 bits per heavy atom. The molecule has 10 heteroatoms. The van der Waals surface area contributed by atoms with Crippen LogP contribution in [0.15, 0.2) is 64.0 Å². The van der Waals surface area contributed by atoms with Crippen LogP contribution in [0.3, 0.4) is 0 Å². The molecule has 0 saturated carbocycles. The van der Waals surface area contributed by atoms with E-state index in [9.17, 15) is 8.42 Å². The second-order valence-corrected chi connectivity index (χ2v) is 9.29. The Balaban J connectivity index is 1.64. The molecule has 0 radical (unpaired) electrons. The molecule has 0 spiro atoms. The number of benzene rings is 3. The molecular formula is C19H15BrClN5O2S. The second-order valence-electron chi connectivity index (χ2n) is 6.41. The summed E-state index contributed by atoms with van der Waals surface area (Å²) in [4.78, 5) is 1.53. The first-order chi connectivity index (χ1) is 13.7. The minimum absolute atomic E-state index is 0.131. The molecule has 0 aliphatic carbocycles. The summed E-state index contributed by atoms with van der Waals surface area (Å²) in [6.45, 7) is 1.94. The van der Waals surface area contributed by atoms with Gasteiger partial charge in [-0.2, -0.15) is 4.80 Å². The number of aryl methyl sites for hydroxylation is 1. The molecule has 0 aliphatic heterocycles. The van der Waals surface area contributed by atoms with Crippen LogP contribution < -0.4 is 10.5 Å². The molecule has 4 rings (SSSR count). The number of hydrogen-bond acceptors (Lipinski definition) is 5. The number of anilines is 2. The maximum Gasteiger partial charge on any atom is 0.261 e. The molecular weight excluding hydrogens is 478 g/mol. The van der Waals surface area contributed by atoms with Crippen molar-refractivity contribution < 1.29 is 8.42 Å². The van der Waals surface area contributed by atoms with Crippen LogP contribution >= 0.6 is 27.5 Å². The average Bonchev–Trinajstić information content (AvgIpc) is 3.12. The summed E-state index contributed by atoms with van der Waals surface area (Å²) >= 11 is 9.47. The fourth-order valence-corrected chi connectivity index (χ4v) is 4.58. The quantitative estimate of drug-likeness (QED) is 0.408. The molecule has 0 bridgehead atoms. The van der Waals surface area contributed by atoms with Crippen molar-refractivity contribution in [1.29, 1.82) is 0 Å². The van der Waals surface area contributed by atoms with Crippen LogP contribution in [0.1, 0.15) is 5.56 Å². The third-order valence-corrected chi connectivity index (χ3v) is 6.80. The van der Waals surface area contributed by atoms with Gasteiger partial charge in [0.05, 0.1) is 25.8 Å². The Morgan fingerprint density at radius 2 is 1.72 bits per heavy atom. The fourth-order valence-electron chi connectivity index (χ4n) is 2.71. The number of nitrogens with one attached hydrogen (secondary N) is 1. The fraction of sp³-hybridized carbons (Fsp3) is 0.0526. The van der Waals surface area contributed by atoms with Crippen LogP contribution in [0.2, 0.25) is 5.02 Å². The lowest BCUT2D eigenvalue weighted by Gasteiger charge is -2.09. The van der Waals surface area contributed by atoms with E-state index < -0.39 is 10.0 Å². The average molecular weight is 493 g/mol. The molecule has 3 aromatic carbocycles. The zero-order valence-electron chi connectivity index (χ0n) is 15.1. The summed E-state index contributed by atoms with van der Waals surface area (Å²) in [5.74, 6) is 0. The van der Waals surface area contributed by atoms with Crippen molar-refractivity contribution >= 4 is 60.0 Å². The number of halogens is 2. The van der Waals surface area contributed by atoms with Crippen LogP contribution in [0.4, 0.5) is 11.4 Å². The van der Waals surface area contributed by atoms with Gasteiger partial charge < -0.3 is 5.73 Å². The predicted molar refractivity (Wildman–Crippen MR) is 118 cm³/mol. The topological polar surface area (TPSA) is 103 Å². The van der Waals surface area contributed by atoms with Gasteiger partial charge in [-0.3, -0.25) is 4.72 Å². The minimum atomic E-state index is -3.71. The first-order valence-corrected chi connectivity index (χ1v) is 11.1. The van der Waals surface area contributed by atoms with Crippen LogP contribution in [0.25, 0.3) is 16.7 Å². The van der Waals surface area contributed by atoms with E-state index in [-0.39, 0.29) is 4.90 Å². The lowest BCUT2D eigenvalue weighted by molar-refractivity contribution is 0.601. The van der Waals surface area contributed by atoms with Crippen molar-refractivity contribution in [1.82, 2.24) is 15.0 Å². The molecule has 0 atom stereocenters. The van der Waals surface area contributed by atoms with Crippen LogP contribution in [-0.4, -0.2) is 23.4 Å². The monoisotopic (exact) mass is 491 g/mol. The number of aromatic nitrogens is 3. The smallest absolute Gasteiger partial charge is 0.261 e. The Labute approximate surface area is 180 Å². The number of fused-ring (bicyclic) bond motifs is 1. The normalized spacial score (nSPS) is 11.7. The van der Waals surface area contributed by atoms with Gasteiger partial charge in [-0.15, -0.1) is 10.2 Å². The van der Waals surface area contributed by atoms with Gasteiger partial charge in [-0.05, 0) is 65.3 Å². The highest BCUT2D eigenvalue weighted by Crippen LogP contribution is 2.34. The van der Waals surface area contributed by atoms with E-state index in [4.69, 9.17) is 17.3 Å². The van der Waals surface area contributed by atoms with E-state index in [1.54, 1.807) is 30.3 Å². The number of sulfonamides is 1. The van der Waals surface area contributed by atoms with Crippen molar-refractivity contribution in [2.75, 3.05) is 10.5 Å². The Bertz CT molecular complexity index is 1320. The lowest BCUT2D eigenvalue weighted by Crippen LogP contribution is -2.13. The summed E-state index contributed by atoms with van der Waals surface area (Å²) in [6.07, 6.45) is 0. The standard InChI is InChI=1S/C19H15BrClN5O2S/c1-11-2-4-12(5-3-11)25-29(27,28)14-8-6-13(7-9-14)26-23-16-10-15(21)18(22)17(20)19(16)24-26/h2-10,25H,22H2,1H3. The van der Waals surface area contributed by atoms with Gasteiger partial charge in [-0.1, -0.05) is 29.3 Å². The van der Waals surface area contributed by atoms with Gasteiger partial charge in [0.2, 0.25) is 0 Å². The minimum Gasteiger partial charge on any atom is -0.397 e. The van der Waals surface area contributed by atoms with Gasteiger partial charge in [-0.25, -0.2) is 8.42 Å². The van der Waals surface area contributed by atoms with Crippen LogP contribution in [-0.2, 0) is 10.0 Å². The van der Waals surface area contributed by atoms with Gasteiger partial charge in [0.1, 0.15) is 11.0 Å². The van der Waals surface area contributed by atoms with E-state index in [0.717, 1.165) is 5.56 Å². The largest absolute Gasteiger partial charge is 0.397 e. The molecule has 1 aromatic heterocycles. The number of nitrogens with zero attached hydrogens (tertiary/aromatic N) is 3. The SMILES string of the molecule is Cc1ccc(NS(=O)(=O)c2ccc(-n3nc4cc(Cl)c(N)c(Br)c4n3)cc2)cc1. The van der Waals surface area contributed by atoms with Crippen molar-refractivity contribution in [3.05, 3.63) is 69.7 Å². The highest BCUT2D eigenvalue weighted by atomic mass is 79.9. The molecule has 0 fully saturated rings. The summed E-state index contributed by atoms with van der Waals surface area (Å²) < 4.78 is 28.3. The molecule has 0 amide bonds. The highest BCUT2D eigenvalue weighted by molar-refractivity contribution is 9.10. The Kier molecular flexibility index (Phi) is 4.97. The van der Waals surface area contributed by atoms with E-state index in [2.05, 4.69) is 30.8 Å². The summed E-state index contributed by atoms with van der Waals surface area (Å²) in [5, 5.41) is 9.17. The first kappa shape index (κ1) is 19.7. The number of hydrogen-bond donors (Lipinski definition) is 2. The summed E-state index contributed by atoms with van der Waals surface area (Å²) in [7, 11) is -3.71. The molecule has 4 aromatic rings. The van der Waals surface area contributed by atoms with Crippen molar-refractivity contribution in [2.24, 2.45) is 0 Å². The third-order valence-electron chi connectivity index (χ3n) is 4.29. The molecule has 1 heterocycles. The van der Waals surface area contributed by atoms with E-state index in [1.165, 1.54) is 16.9 Å².